The summed E-state index contributed by atoms with van der Waals surface area (Å²) in [4.78, 5) is 27.6. The van der Waals surface area contributed by atoms with Gasteiger partial charge in [0, 0.05) is 29.9 Å². The molecule has 0 radical (unpaired) electrons. The van der Waals surface area contributed by atoms with E-state index >= 15 is 0 Å². The second kappa shape index (κ2) is 7.88. The molecule has 1 atom stereocenters. The zero-order valence-electron chi connectivity index (χ0n) is 14.7. The van der Waals surface area contributed by atoms with Crippen molar-refractivity contribution in [2.75, 3.05) is 11.4 Å². The van der Waals surface area contributed by atoms with Crippen LogP contribution in [0.4, 0.5) is 5.95 Å². The topological polar surface area (TPSA) is 68.2 Å². The fraction of sp³-hybridized carbons (Fsp3) is 0.300. The zero-order chi connectivity index (χ0) is 18.6. The van der Waals surface area contributed by atoms with Crippen LogP contribution in [0, 0.1) is 0 Å². The largest absolute Gasteiger partial charge is 0.459 e. The van der Waals surface area contributed by atoms with Crippen LogP contribution in [0.2, 0.25) is 5.15 Å². The van der Waals surface area contributed by atoms with E-state index in [0.717, 1.165) is 36.7 Å². The molecule has 0 aliphatic carbocycles. The van der Waals surface area contributed by atoms with Crippen molar-refractivity contribution in [1.29, 1.82) is 0 Å². The maximum absolute atomic E-state index is 12.7. The quantitative estimate of drug-likeness (QED) is 0.505. The van der Waals surface area contributed by atoms with Crippen LogP contribution in [-0.4, -0.2) is 33.5 Å². The molecule has 138 valence electrons. The molecule has 27 heavy (non-hydrogen) atoms. The third kappa shape index (κ3) is 3.85. The highest BCUT2D eigenvalue weighted by atomic mass is 35.5. The van der Waals surface area contributed by atoms with Crippen LogP contribution in [0.1, 0.15) is 24.8 Å². The van der Waals surface area contributed by atoms with Gasteiger partial charge in [-0.2, -0.15) is 0 Å². The van der Waals surface area contributed by atoms with E-state index in [1.807, 2.05) is 35.2 Å². The molecule has 4 rings (SSSR count). The van der Waals surface area contributed by atoms with Crippen molar-refractivity contribution >= 4 is 34.4 Å². The predicted octanol–water partition coefficient (Wildman–Crippen LogP) is 3.78. The van der Waals surface area contributed by atoms with Crippen molar-refractivity contribution in [3.8, 4) is 0 Å². The van der Waals surface area contributed by atoms with Gasteiger partial charge in [0.15, 0.2) is 0 Å². The normalized spacial score (nSPS) is 17.1. The van der Waals surface area contributed by atoms with Crippen molar-refractivity contribution in [1.82, 2.24) is 15.0 Å². The number of aromatic nitrogens is 3. The standard InChI is InChI=1S/C20H19ClN4O2/c21-18-15(12-14-6-1-2-7-16(14)24-18)13-27-19(26)17-8-3-4-11-25(17)20-22-9-5-10-23-20/h1-2,5-7,9-10,12,17H,3-4,8,11,13H2. The molecule has 1 aliphatic rings. The van der Waals surface area contributed by atoms with Gasteiger partial charge in [-0.3, -0.25) is 0 Å². The van der Waals surface area contributed by atoms with E-state index in [1.165, 1.54) is 0 Å². The smallest absolute Gasteiger partial charge is 0.329 e. The van der Waals surface area contributed by atoms with Gasteiger partial charge in [0.25, 0.3) is 0 Å². The Morgan fingerprint density at radius 2 is 2.00 bits per heavy atom. The van der Waals surface area contributed by atoms with E-state index in [1.54, 1.807) is 18.5 Å². The van der Waals surface area contributed by atoms with Gasteiger partial charge in [-0.25, -0.2) is 19.7 Å². The average Bonchev–Trinajstić information content (AvgIpc) is 2.72. The number of hydrogen-bond acceptors (Lipinski definition) is 6. The first-order chi connectivity index (χ1) is 13.2. The summed E-state index contributed by atoms with van der Waals surface area (Å²) in [5.41, 5.74) is 1.51. The van der Waals surface area contributed by atoms with Crippen molar-refractivity contribution in [3.63, 3.8) is 0 Å². The average molecular weight is 383 g/mol. The van der Waals surface area contributed by atoms with Crippen LogP contribution < -0.4 is 4.90 Å². The van der Waals surface area contributed by atoms with E-state index in [2.05, 4.69) is 15.0 Å². The van der Waals surface area contributed by atoms with E-state index in [9.17, 15) is 4.79 Å². The number of pyridine rings is 1. The second-order valence-corrected chi connectivity index (χ2v) is 6.85. The van der Waals surface area contributed by atoms with Crippen LogP contribution in [0.25, 0.3) is 10.9 Å². The molecule has 2 aromatic heterocycles. The number of fused-ring (bicyclic) bond motifs is 1. The summed E-state index contributed by atoms with van der Waals surface area (Å²) in [6.45, 7) is 0.831. The van der Waals surface area contributed by atoms with E-state index in [-0.39, 0.29) is 18.6 Å². The molecule has 0 bridgehead atoms. The Balaban J connectivity index is 1.49. The van der Waals surface area contributed by atoms with Gasteiger partial charge in [0.2, 0.25) is 5.95 Å². The van der Waals surface area contributed by atoms with Crippen LogP contribution in [0.15, 0.2) is 48.8 Å². The third-order valence-electron chi connectivity index (χ3n) is 4.70. The van der Waals surface area contributed by atoms with Crippen molar-refractivity contribution in [2.24, 2.45) is 0 Å². The number of carbonyl (C=O) groups excluding carboxylic acids is 1. The minimum atomic E-state index is -0.381. The van der Waals surface area contributed by atoms with Gasteiger partial charge >= 0.3 is 5.97 Å². The Hall–Kier alpha value is -2.73. The van der Waals surface area contributed by atoms with Gasteiger partial charge in [0.1, 0.15) is 17.8 Å². The molecule has 3 aromatic rings. The Labute approximate surface area is 162 Å². The molecule has 1 saturated heterocycles. The van der Waals surface area contributed by atoms with Crippen molar-refractivity contribution < 1.29 is 9.53 Å². The van der Waals surface area contributed by atoms with Gasteiger partial charge < -0.3 is 9.64 Å². The number of benzene rings is 1. The highest BCUT2D eigenvalue weighted by molar-refractivity contribution is 6.30. The molecule has 1 unspecified atom stereocenters. The lowest BCUT2D eigenvalue weighted by Crippen LogP contribution is -2.46. The number of anilines is 1. The predicted molar refractivity (Wildman–Crippen MR) is 104 cm³/mol. The minimum Gasteiger partial charge on any atom is -0.459 e. The number of piperidine rings is 1. The van der Waals surface area contributed by atoms with E-state index < -0.39 is 0 Å². The first-order valence-corrected chi connectivity index (χ1v) is 9.34. The Kier molecular flexibility index (Phi) is 5.16. The molecule has 3 heterocycles. The molecule has 0 N–H and O–H groups in total. The molecule has 7 heteroatoms. The molecular formula is C20H19ClN4O2. The first kappa shape index (κ1) is 17.7. The second-order valence-electron chi connectivity index (χ2n) is 6.49. The summed E-state index contributed by atoms with van der Waals surface area (Å²) in [5.74, 6) is 0.274. The number of rotatable bonds is 4. The number of halogens is 1. The molecule has 0 spiro atoms. The fourth-order valence-electron chi connectivity index (χ4n) is 3.34. The maximum atomic E-state index is 12.7. The molecule has 1 aromatic carbocycles. The third-order valence-corrected chi connectivity index (χ3v) is 5.03. The number of ether oxygens (including phenoxy) is 1. The lowest BCUT2D eigenvalue weighted by molar-refractivity contribution is -0.147. The molecule has 6 nitrogen and oxygen atoms in total. The van der Waals surface area contributed by atoms with Crippen LogP contribution in [-0.2, 0) is 16.1 Å². The Bertz CT molecular complexity index is 951. The number of para-hydroxylation sites is 1. The zero-order valence-corrected chi connectivity index (χ0v) is 15.5. The van der Waals surface area contributed by atoms with Crippen LogP contribution in [0.3, 0.4) is 0 Å². The number of hydrogen-bond donors (Lipinski definition) is 0. The minimum absolute atomic E-state index is 0.0927. The number of nitrogens with zero attached hydrogens (tertiary/aromatic N) is 4. The summed E-state index contributed by atoms with van der Waals surface area (Å²) < 4.78 is 5.59. The van der Waals surface area contributed by atoms with Crippen molar-refractivity contribution in [3.05, 3.63) is 59.5 Å². The molecule has 0 saturated carbocycles. The summed E-state index contributed by atoms with van der Waals surface area (Å²) in [5, 5.41) is 1.32. The van der Waals surface area contributed by atoms with E-state index in [4.69, 9.17) is 16.3 Å². The first-order valence-electron chi connectivity index (χ1n) is 8.97. The Morgan fingerprint density at radius 1 is 1.19 bits per heavy atom. The molecule has 1 fully saturated rings. The van der Waals surface area contributed by atoms with Gasteiger partial charge in [-0.1, -0.05) is 29.8 Å². The van der Waals surface area contributed by atoms with Gasteiger partial charge in [-0.05, 0) is 37.5 Å². The van der Waals surface area contributed by atoms with Crippen LogP contribution in [0.5, 0.6) is 0 Å². The van der Waals surface area contributed by atoms with Gasteiger partial charge in [-0.15, -0.1) is 0 Å². The van der Waals surface area contributed by atoms with Gasteiger partial charge in [0.05, 0.1) is 5.52 Å². The highest BCUT2D eigenvalue weighted by Crippen LogP contribution is 2.24. The Morgan fingerprint density at radius 3 is 2.85 bits per heavy atom. The van der Waals surface area contributed by atoms with E-state index in [0.29, 0.717) is 16.7 Å². The molecular weight excluding hydrogens is 364 g/mol. The summed E-state index contributed by atoms with van der Waals surface area (Å²) in [6, 6.07) is 11.0. The highest BCUT2D eigenvalue weighted by Gasteiger charge is 2.31. The lowest BCUT2D eigenvalue weighted by atomic mass is 10.0. The molecule has 1 aliphatic heterocycles. The summed E-state index contributed by atoms with van der Waals surface area (Å²) in [6.07, 6.45) is 6.06. The maximum Gasteiger partial charge on any atom is 0.329 e. The lowest BCUT2D eigenvalue weighted by Gasteiger charge is -2.33. The number of carbonyl (C=O) groups is 1. The SMILES string of the molecule is O=C(OCc1cc2ccccc2nc1Cl)C1CCCCN1c1ncccn1. The summed E-state index contributed by atoms with van der Waals surface area (Å²) in [7, 11) is 0. The monoisotopic (exact) mass is 382 g/mol. The van der Waals surface area contributed by atoms with Crippen molar-refractivity contribution in [2.45, 2.75) is 31.9 Å². The summed E-state index contributed by atoms with van der Waals surface area (Å²) >= 11 is 6.26. The fourth-order valence-corrected chi connectivity index (χ4v) is 3.54. The molecule has 0 amide bonds. The van der Waals surface area contributed by atoms with Crippen LogP contribution >= 0.6 is 11.6 Å². The number of esters is 1.